The van der Waals surface area contributed by atoms with Crippen molar-refractivity contribution in [1.82, 2.24) is 14.9 Å². The van der Waals surface area contributed by atoms with Gasteiger partial charge in [-0.05, 0) is 39.0 Å². The Morgan fingerprint density at radius 2 is 1.82 bits per heavy atom. The molecule has 9 nitrogen and oxygen atoms in total. The van der Waals surface area contributed by atoms with E-state index in [2.05, 4.69) is 34.4 Å². The average molecular weight is 484 g/mol. The van der Waals surface area contributed by atoms with Crippen LogP contribution < -0.4 is 21.3 Å². The van der Waals surface area contributed by atoms with Gasteiger partial charge in [0.2, 0.25) is 17.8 Å². The number of primary amides is 1. The number of aryl methyl sites for hydroxylation is 1. The van der Waals surface area contributed by atoms with Gasteiger partial charge in [0.05, 0.1) is 12.2 Å². The maximum absolute atomic E-state index is 12.7. The number of nitrogens with one attached hydrogen (secondary N) is 2. The molecule has 2 fully saturated rings. The second-order valence-electron chi connectivity index (χ2n) is 9.25. The molecule has 0 bridgehead atoms. The number of likely N-dealkylation sites (N-methyl/N-ethyl adjacent to an activating group) is 1. The van der Waals surface area contributed by atoms with Gasteiger partial charge in [-0.15, -0.1) is 0 Å². The monoisotopic (exact) mass is 483 g/mol. The molecular formula is C23H39F2N7O2. The van der Waals surface area contributed by atoms with Crippen molar-refractivity contribution >= 4 is 29.4 Å². The number of hydrogen-bond donors (Lipinski definition) is 3. The molecule has 2 aliphatic carbocycles. The van der Waals surface area contributed by atoms with Gasteiger partial charge in [0, 0.05) is 39.0 Å². The van der Waals surface area contributed by atoms with Crippen LogP contribution in [0.2, 0.25) is 0 Å². The zero-order valence-electron chi connectivity index (χ0n) is 21.0. The summed E-state index contributed by atoms with van der Waals surface area (Å²) in [5.41, 5.74) is 6.57. The number of anilines is 3. The molecule has 3 amide bonds. The van der Waals surface area contributed by atoms with Gasteiger partial charge in [0.15, 0.2) is 5.82 Å². The van der Waals surface area contributed by atoms with Crippen LogP contribution in [-0.2, 0) is 4.79 Å². The highest BCUT2D eigenvalue weighted by molar-refractivity contribution is 6.00. The van der Waals surface area contributed by atoms with Gasteiger partial charge in [0.25, 0.3) is 0 Å². The van der Waals surface area contributed by atoms with Crippen molar-refractivity contribution < 1.29 is 18.4 Å². The van der Waals surface area contributed by atoms with Crippen LogP contribution in [0.25, 0.3) is 0 Å². The highest BCUT2D eigenvalue weighted by Crippen LogP contribution is 2.34. The first kappa shape index (κ1) is 27.5. The minimum atomic E-state index is -2.55. The third-order valence-electron chi connectivity index (χ3n) is 6.10. The van der Waals surface area contributed by atoms with Gasteiger partial charge in [-0.3, -0.25) is 4.79 Å². The maximum Gasteiger partial charge on any atom is 0.314 e. The van der Waals surface area contributed by atoms with Crippen molar-refractivity contribution in [3.63, 3.8) is 0 Å². The van der Waals surface area contributed by atoms with Crippen molar-refractivity contribution in [2.24, 2.45) is 5.73 Å². The molecule has 1 aromatic heterocycles. The van der Waals surface area contributed by atoms with Gasteiger partial charge in [-0.25, -0.2) is 18.6 Å². The Morgan fingerprint density at radius 1 is 1.24 bits per heavy atom. The number of carbonyl (C=O) groups is 2. The topological polar surface area (TPSA) is 116 Å². The third-order valence-corrected chi connectivity index (χ3v) is 6.10. The van der Waals surface area contributed by atoms with E-state index in [4.69, 9.17) is 5.73 Å². The molecular weight excluding hydrogens is 444 g/mol. The molecule has 34 heavy (non-hydrogen) atoms. The number of halogens is 2. The Labute approximate surface area is 200 Å². The fraction of sp³-hybridized carbons (Fsp3) is 0.739. The molecule has 2 heterocycles. The summed E-state index contributed by atoms with van der Waals surface area (Å²) in [5.74, 6) is -1.10. The molecule has 11 heteroatoms. The number of alkyl halides is 2. The van der Waals surface area contributed by atoms with Crippen molar-refractivity contribution in [2.75, 3.05) is 36.2 Å². The summed E-state index contributed by atoms with van der Waals surface area (Å²) in [7, 11) is 3.42. The molecule has 3 aliphatic rings. The minimum absolute atomic E-state index is 0.0172. The summed E-state index contributed by atoms with van der Waals surface area (Å²) in [6.07, 6.45) is 5.29. The number of nitrogens with two attached hydrogens (primary N) is 1. The van der Waals surface area contributed by atoms with E-state index in [1.165, 1.54) is 30.6 Å². The van der Waals surface area contributed by atoms with Gasteiger partial charge >= 0.3 is 6.03 Å². The Morgan fingerprint density at radius 3 is 2.32 bits per heavy atom. The van der Waals surface area contributed by atoms with Gasteiger partial charge in [-0.1, -0.05) is 20.3 Å². The number of carbonyl (C=O) groups excluding carboxylic acids is 2. The highest BCUT2D eigenvalue weighted by atomic mass is 19.3. The first-order valence-corrected chi connectivity index (χ1v) is 12.0. The second-order valence-corrected chi connectivity index (χ2v) is 9.25. The SMILES string of the molecule is CCC.CN(C(N)=O)C1CCC(F)(F)CC1.Cc1nc(NC2CCC2)nc2c1NC(=O)CN2C. The van der Waals surface area contributed by atoms with Crippen LogP contribution in [0.3, 0.4) is 0 Å². The zero-order valence-corrected chi connectivity index (χ0v) is 21.0. The quantitative estimate of drug-likeness (QED) is 0.595. The van der Waals surface area contributed by atoms with Crippen LogP contribution in [0.1, 0.15) is 70.9 Å². The van der Waals surface area contributed by atoms with E-state index in [1.54, 1.807) is 7.05 Å². The van der Waals surface area contributed by atoms with E-state index >= 15 is 0 Å². The van der Waals surface area contributed by atoms with Crippen molar-refractivity contribution in [1.29, 1.82) is 0 Å². The highest BCUT2D eigenvalue weighted by Gasteiger charge is 2.36. The summed E-state index contributed by atoms with van der Waals surface area (Å²) in [6, 6.07) is -0.154. The minimum Gasteiger partial charge on any atom is -0.351 e. The Kier molecular flexibility index (Phi) is 9.81. The Bertz CT molecular complexity index is 839. The molecule has 4 N–H and O–H groups in total. The van der Waals surface area contributed by atoms with Crippen LogP contribution in [0.4, 0.5) is 31.0 Å². The molecule has 0 unspecified atom stereocenters. The van der Waals surface area contributed by atoms with E-state index in [0.717, 1.165) is 17.2 Å². The average Bonchev–Trinajstić information content (AvgIpc) is 2.72. The standard InChI is InChI=1S/C12H17N5O.C8H14F2N2O.C3H8/c1-7-10-11(17(2)6-9(18)15-10)16-12(13-7)14-8-4-3-5-8;1-12(7(11)13)6-2-4-8(9,10)5-3-6;1-3-2/h8H,3-6H2,1-2H3,(H,15,18)(H,13,14,16);6H,2-5H2,1H3,(H2,11,13);3H2,1-2H3. The molecule has 0 saturated heterocycles. The van der Waals surface area contributed by atoms with Gasteiger partial charge in [-0.2, -0.15) is 4.98 Å². The predicted molar refractivity (Wildman–Crippen MR) is 130 cm³/mol. The van der Waals surface area contributed by atoms with Crippen molar-refractivity contribution in [3.8, 4) is 0 Å². The van der Waals surface area contributed by atoms with E-state index in [-0.39, 0.29) is 24.8 Å². The van der Waals surface area contributed by atoms with Crippen LogP contribution in [0.5, 0.6) is 0 Å². The Hall–Kier alpha value is -2.72. The van der Waals surface area contributed by atoms with Crippen LogP contribution in [0, 0.1) is 6.92 Å². The first-order valence-electron chi connectivity index (χ1n) is 12.0. The fourth-order valence-electron chi connectivity index (χ4n) is 3.84. The number of nitrogens with zero attached hydrogens (tertiary/aromatic N) is 4. The molecule has 0 atom stereocenters. The molecule has 0 radical (unpaired) electrons. The molecule has 2 saturated carbocycles. The summed E-state index contributed by atoms with van der Waals surface area (Å²) in [5, 5.41) is 6.17. The number of fused-ring (bicyclic) bond motifs is 1. The largest absolute Gasteiger partial charge is 0.351 e. The van der Waals surface area contributed by atoms with E-state index < -0.39 is 12.0 Å². The molecule has 1 aliphatic heterocycles. The van der Waals surface area contributed by atoms with Crippen LogP contribution in [0.15, 0.2) is 0 Å². The number of rotatable bonds is 3. The smallest absolute Gasteiger partial charge is 0.314 e. The number of amides is 3. The summed E-state index contributed by atoms with van der Waals surface area (Å²) in [6.45, 7) is 6.48. The van der Waals surface area contributed by atoms with E-state index in [1.807, 2.05) is 18.9 Å². The van der Waals surface area contributed by atoms with Gasteiger partial charge in [0.1, 0.15) is 5.69 Å². The number of urea groups is 1. The zero-order chi connectivity index (χ0) is 25.5. The van der Waals surface area contributed by atoms with Crippen LogP contribution >= 0.6 is 0 Å². The Balaban J connectivity index is 0.000000226. The number of aromatic nitrogens is 2. The molecule has 192 valence electrons. The normalized spacial score (nSPS) is 19.3. The maximum atomic E-state index is 12.7. The van der Waals surface area contributed by atoms with Crippen molar-refractivity contribution in [2.45, 2.75) is 90.1 Å². The lowest BCUT2D eigenvalue weighted by Crippen LogP contribution is -2.44. The molecule has 0 spiro atoms. The van der Waals surface area contributed by atoms with Gasteiger partial charge < -0.3 is 26.2 Å². The molecule has 4 rings (SSSR count). The van der Waals surface area contributed by atoms with E-state index in [0.29, 0.717) is 31.4 Å². The fourth-order valence-corrected chi connectivity index (χ4v) is 3.84. The molecule has 1 aromatic rings. The third kappa shape index (κ3) is 7.66. The van der Waals surface area contributed by atoms with Crippen molar-refractivity contribution in [3.05, 3.63) is 5.69 Å². The lowest BCUT2D eigenvalue weighted by atomic mass is 9.91. The lowest BCUT2D eigenvalue weighted by molar-refractivity contribution is -0.115. The predicted octanol–water partition coefficient (Wildman–Crippen LogP) is 4.13. The first-order chi connectivity index (χ1) is 16.0. The number of hydrogen-bond acceptors (Lipinski definition) is 6. The van der Waals surface area contributed by atoms with Crippen LogP contribution in [-0.4, -0.2) is 65.5 Å². The summed E-state index contributed by atoms with van der Waals surface area (Å²) >= 11 is 0. The second kappa shape index (κ2) is 12.1. The lowest BCUT2D eigenvalue weighted by Gasteiger charge is -2.33. The molecule has 0 aromatic carbocycles. The van der Waals surface area contributed by atoms with E-state index in [9.17, 15) is 18.4 Å². The summed E-state index contributed by atoms with van der Waals surface area (Å²) in [4.78, 5) is 34.3. The summed E-state index contributed by atoms with van der Waals surface area (Å²) < 4.78 is 25.4.